The lowest BCUT2D eigenvalue weighted by molar-refractivity contribution is 0.0255. The van der Waals surface area contributed by atoms with Crippen LogP contribution in [-0.4, -0.2) is 68.0 Å². The van der Waals surface area contributed by atoms with Gasteiger partial charge in [0.1, 0.15) is 4.90 Å². The summed E-state index contributed by atoms with van der Waals surface area (Å²) in [5.74, 6) is 0. The fourth-order valence-electron chi connectivity index (χ4n) is 4.55. The first-order valence-electron chi connectivity index (χ1n) is 9.15. The lowest BCUT2D eigenvalue weighted by Gasteiger charge is -2.47. The van der Waals surface area contributed by atoms with E-state index in [0.717, 1.165) is 56.8 Å². The number of aryl methyl sites for hydroxylation is 2. The van der Waals surface area contributed by atoms with Crippen LogP contribution in [0.25, 0.3) is 0 Å². The van der Waals surface area contributed by atoms with Gasteiger partial charge in [-0.1, -0.05) is 0 Å². The molecule has 6 nitrogen and oxygen atoms in total. The van der Waals surface area contributed by atoms with Crippen LogP contribution < -0.4 is 0 Å². The highest BCUT2D eigenvalue weighted by Gasteiger charge is 2.52. The molecule has 7 heteroatoms. The van der Waals surface area contributed by atoms with Crippen LogP contribution >= 0.6 is 0 Å². The van der Waals surface area contributed by atoms with Crippen LogP contribution in [0.1, 0.15) is 30.5 Å². The number of ether oxygens (including phenoxy) is 1. The number of likely N-dealkylation sites (tertiary alicyclic amines) is 1. The van der Waals surface area contributed by atoms with E-state index < -0.39 is 10.0 Å². The average molecular weight is 365 g/mol. The van der Waals surface area contributed by atoms with E-state index in [4.69, 9.17) is 4.74 Å². The van der Waals surface area contributed by atoms with Crippen molar-refractivity contribution >= 4 is 10.0 Å². The van der Waals surface area contributed by atoms with E-state index in [1.54, 1.807) is 4.31 Å². The standard InChI is InChI=1S/C18H27N3O3S/c1-14-9-15(2)19-10-17(14)25(22,23)21-12-18(13-21)5-6-20(11-18)16-3-7-24-8-4-16/h9-10,16H,3-8,11-13H2,1-2H3. The molecule has 0 unspecified atom stereocenters. The summed E-state index contributed by atoms with van der Waals surface area (Å²) < 4.78 is 33.0. The van der Waals surface area contributed by atoms with Crippen molar-refractivity contribution in [2.75, 3.05) is 39.4 Å². The summed E-state index contributed by atoms with van der Waals surface area (Å²) in [6.45, 7) is 8.83. The van der Waals surface area contributed by atoms with Gasteiger partial charge >= 0.3 is 0 Å². The van der Waals surface area contributed by atoms with Gasteiger partial charge in [-0.25, -0.2) is 8.42 Å². The summed E-state index contributed by atoms with van der Waals surface area (Å²) >= 11 is 0. The van der Waals surface area contributed by atoms with Gasteiger partial charge in [0.15, 0.2) is 0 Å². The molecule has 1 aromatic rings. The van der Waals surface area contributed by atoms with E-state index in [1.165, 1.54) is 6.20 Å². The fourth-order valence-corrected chi connectivity index (χ4v) is 6.37. The van der Waals surface area contributed by atoms with Gasteiger partial charge in [0.25, 0.3) is 0 Å². The zero-order valence-electron chi connectivity index (χ0n) is 15.1. The maximum absolute atomic E-state index is 12.9. The molecule has 3 fully saturated rings. The van der Waals surface area contributed by atoms with Crippen molar-refractivity contribution in [1.82, 2.24) is 14.2 Å². The second-order valence-electron chi connectivity index (χ2n) is 7.93. The third kappa shape index (κ3) is 3.12. The molecule has 1 spiro atoms. The Hall–Kier alpha value is -1.02. The molecule has 4 rings (SSSR count). The van der Waals surface area contributed by atoms with E-state index in [9.17, 15) is 8.42 Å². The molecule has 0 radical (unpaired) electrons. The molecule has 25 heavy (non-hydrogen) atoms. The van der Waals surface area contributed by atoms with Gasteiger partial charge in [-0.2, -0.15) is 4.31 Å². The van der Waals surface area contributed by atoms with Crippen molar-refractivity contribution in [2.45, 2.75) is 44.0 Å². The number of rotatable bonds is 3. The quantitative estimate of drug-likeness (QED) is 0.814. The minimum atomic E-state index is -3.42. The third-order valence-electron chi connectivity index (χ3n) is 6.02. The summed E-state index contributed by atoms with van der Waals surface area (Å²) in [5.41, 5.74) is 1.78. The van der Waals surface area contributed by atoms with Crippen molar-refractivity contribution in [1.29, 1.82) is 0 Å². The molecule has 0 aliphatic carbocycles. The lowest BCUT2D eigenvalue weighted by Crippen LogP contribution is -2.59. The average Bonchev–Trinajstić information content (AvgIpc) is 3.00. The van der Waals surface area contributed by atoms with Crippen molar-refractivity contribution in [3.05, 3.63) is 23.5 Å². The SMILES string of the molecule is Cc1cc(C)c(S(=O)(=O)N2CC3(CCN(C4CCOCC4)C3)C2)cn1. The molecule has 3 aliphatic heterocycles. The van der Waals surface area contributed by atoms with Crippen LogP contribution in [0, 0.1) is 19.3 Å². The molecule has 0 amide bonds. The van der Waals surface area contributed by atoms with E-state index in [2.05, 4.69) is 9.88 Å². The predicted molar refractivity (Wildman–Crippen MR) is 94.9 cm³/mol. The number of aromatic nitrogens is 1. The first kappa shape index (κ1) is 17.4. The van der Waals surface area contributed by atoms with Crippen molar-refractivity contribution in [3.63, 3.8) is 0 Å². The van der Waals surface area contributed by atoms with Crippen molar-refractivity contribution in [2.24, 2.45) is 5.41 Å². The topological polar surface area (TPSA) is 62.7 Å². The highest BCUT2D eigenvalue weighted by atomic mass is 32.2. The maximum atomic E-state index is 12.9. The first-order chi connectivity index (χ1) is 11.9. The van der Waals surface area contributed by atoms with Crippen LogP contribution in [0.4, 0.5) is 0 Å². The van der Waals surface area contributed by atoms with Crippen molar-refractivity contribution in [3.8, 4) is 0 Å². The normalized spacial score (nSPS) is 25.4. The van der Waals surface area contributed by atoms with Crippen LogP contribution in [0.5, 0.6) is 0 Å². The molecule has 0 bridgehead atoms. The van der Waals surface area contributed by atoms with Gasteiger partial charge in [0.2, 0.25) is 10.0 Å². The molecular weight excluding hydrogens is 338 g/mol. The molecule has 3 saturated heterocycles. The molecule has 0 aromatic carbocycles. The van der Waals surface area contributed by atoms with Gasteiger partial charge in [0, 0.05) is 56.2 Å². The molecule has 3 aliphatic rings. The Bertz CT molecular complexity index is 753. The number of sulfonamides is 1. The van der Waals surface area contributed by atoms with Gasteiger partial charge in [0.05, 0.1) is 0 Å². The van der Waals surface area contributed by atoms with E-state index in [-0.39, 0.29) is 5.41 Å². The Morgan fingerprint density at radius 1 is 1.20 bits per heavy atom. The van der Waals surface area contributed by atoms with Crippen molar-refractivity contribution < 1.29 is 13.2 Å². The number of nitrogens with zero attached hydrogens (tertiary/aromatic N) is 3. The fraction of sp³-hybridized carbons (Fsp3) is 0.722. The van der Waals surface area contributed by atoms with Gasteiger partial charge in [-0.3, -0.25) is 9.88 Å². The van der Waals surface area contributed by atoms with E-state index in [0.29, 0.717) is 24.0 Å². The summed E-state index contributed by atoms with van der Waals surface area (Å²) in [6, 6.07) is 2.45. The molecule has 0 atom stereocenters. The summed E-state index contributed by atoms with van der Waals surface area (Å²) in [5, 5.41) is 0. The molecule has 0 N–H and O–H groups in total. The Morgan fingerprint density at radius 3 is 2.60 bits per heavy atom. The van der Waals surface area contributed by atoms with E-state index in [1.807, 2.05) is 19.9 Å². The molecular formula is C18H27N3O3S. The molecule has 138 valence electrons. The summed E-state index contributed by atoms with van der Waals surface area (Å²) in [4.78, 5) is 7.10. The second kappa shape index (κ2) is 6.30. The minimum Gasteiger partial charge on any atom is -0.381 e. The largest absolute Gasteiger partial charge is 0.381 e. The summed E-state index contributed by atoms with van der Waals surface area (Å²) in [6.07, 6.45) is 4.81. The zero-order chi connectivity index (χ0) is 17.7. The summed E-state index contributed by atoms with van der Waals surface area (Å²) in [7, 11) is -3.42. The highest BCUT2D eigenvalue weighted by Crippen LogP contribution is 2.43. The number of pyridine rings is 1. The van der Waals surface area contributed by atoms with E-state index >= 15 is 0 Å². The Balaban J connectivity index is 1.43. The van der Waals surface area contributed by atoms with Crippen LogP contribution in [0.15, 0.2) is 17.2 Å². The molecule has 1 aromatic heterocycles. The number of hydrogen-bond donors (Lipinski definition) is 0. The maximum Gasteiger partial charge on any atom is 0.244 e. The van der Waals surface area contributed by atoms with Crippen LogP contribution in [-0.2, 0) is 14.8 Å². The highest BCUT2D eigenvalue weighted by molar-refractivity contribution is 7.89. The van der Waals surface area contributed by atoms with Crippen LogP contribution in [0.2, 0.25) is 0 Å². The smallest absolute Gasteiger partial charge is 0.244 e. The monoisotopic (exact) mass is 365 g/mol. The Kier molecular flexibility index (Phi) is 4.38. The van der Waals surface area contributed by atoms with Crippen LogP contribution in [0.3, 0.4) is 0 Å². The first-order valence-corrected chi connectivity index (χ1v) is 10.6. The second-order valence-corrected chi connectivity index (χ2v) is 9.83. The van der Waals surface area contributed by atoms with Gasteiger partial charge < -0.3 is 4.74 Å². The Labute approximate surface area is 150 Å². The molecule has 4 heterocycles. The Morgan fingerprint density at radius 2 is 1.92 bits per heavy atom. The predicted octanol–water partition coefficient (Wildman–Crippen LogP) is 1.57. The third-order valence-corrected chi connectivity index (χ3v) is 7.94. The zero-order valence-corrected chi connectivity index (χ0v) is 15.9. The lowest BCUT2D eigenvalue weighted by atomic mass is 9.81. The minimum absolute atomic E-state index is 0.150. The van der Waals surface area contributed by atoms with Gasteiger partial charge in [-0.15, -0.1) is 0 Å². The number of hydrogen-bond acceptors (Lipinski definition) is 5. The molecule has 0 saturated carbocycles. The van der Waals surface area contributed by atoms with Gasteiger partial charge in [-0.05, 0) is 51.3 Å².